The fraction of sp³-hybridized carbons (Fsp3) is 0.360. The molecule has 0 spiro atoms. The Morgan fingerprint density at radius 3 is 2.61 bits per heavy atom. The number of Topliss-reactive ketones (excluding diaryl/α,β-unsaturated/α-hetero) is 1. The first-order valence-corrected chi connectivity index (χ1v) is 10.6. The Morgan fingerprint density at radius 2 is 1.90 bits per heavy atom. The molecule has 6 heteroatoms. The number of esters is 1. The predicted molar refractivity (Wildman–Crippen MR) is 116 cm³/mol. The van der Waals surface area contributed by atoms with Gasteiger partial charge in [-0.1, -0.05) is 30.3 Å². The van der Waals surface area contributed by atoms with Crippen LogP contribution in [0.15, 0.2) is 54.2 Å². The zero-order valence-corrected chi connectivity index (χ0v) is 18.1. The molecule has 6 nitrogen and oxygen atoms in total. The molecular formula is C25H27NO5. The van der Waals surface area contributed by atoms with Gasteiger partial charge in [0, 0.05) is 18.7 Å². The number of nitrogens with zero attached hydrogens (tertiary/aromatic N) is 1. The van der Waals surface area contributed by atoms with Crippen LogP contribution < -0.4 is 9.47 Å². The Hall–Kier alpha value is -3.28. The molecule has 0 radical (unpaired) electrons. The summed E-state index contributed by atoms with van der Waals surface area (Å²) >= 11 is 0. The average molecular weight is 421 g/mol. The van der Waals surface area contributed by atoms with Gasteiger partial charge in [-0.15, -0.1) is 0 Å². The number of fused-ring (bicyclic) bond motifs is 3. The number of ketones is 1. The molecule has 2 aromatic rings. The van der Waals surface area contributed by atoms with Crippen LogP contribution >= 0.6 is 0 Å². The second kappa shape index (κ2) is 8.84. The van der Waals surface area contributed by atoms with Gasteiger partial charge in [-0.25, -0.2) is 4.79 Å². The molecule has 4 rings (SSSR count). The van der Waals surface area contributed by atoms with Crippen LogP contribution in [0.5, 0.6) is 11.5 Å². The van der Waals surface area contributed by atoms with Crippen molar-refractivity contribution in [3.8, 4) is 11.5 Å². The Bertz CT molecular complexity index is 1010. The summed E-state index contributed by atoms with van der Waals surface area (Å²) in [6.45, 7) is 4.50. The molecule has 2 unspecified atom stereocenters. The number of hydrogen-bond acceptors (Lipinski definition) is 6. The zero-order valence-electron chi connectivity index (χ0n) is 18.1. The second-order valence-electron chi connectivity index (χ2n) is 7.88. The van der Waals surface area contributed by atoms with E-state index >= 15 is 0 Å². The number of hydrogen-bond donors (Lipinski definition) is 0. The number of rotatable bonds is 6. The average Bonchev–Trinajstić information content (AvgIpc) is 2.78. The molecule has 162 valence electrons. The van der Waals surface area contributed by atoms with Gasteiger partial charge in [0.1, 0.15) is 12.2 Å². The molecule has 0 saturated carbocycles. The first-order valence-electron chi connectivity index (χ1n) is 10.6. The summed E-state index contributed by atoms with van der Waals surface area (Å²) in [6, 6.07) is 13.9. The van der Waals surface area contributed by atoms with Crippen molar-refractivity contribution in [1.82, 2.24) is 4.90 Å². The lowest BCUT2D eigenvalue weighted by Crippen LogP contribution is -2.43. The van der Waals surface area contributed by atoms with Gasteiger partial charge in [0.15, 0.2) is 17.3 Å². The van der Waals surface area contributed by atoms with E-state index in [-0.39, 0.29) is 36.5 Å². The third kappa shape index (κ3) is 4.15. The van der Waals surface area contributed by atoms with Crippen LogP contribution in [-0.4, -0.2) is 36.4 Å². The van der Waals surface area contributed by atoms with Crippen LogP contribution in [0.3, 0.4) is 0 Å². The summed E-state index contributed by atoms with van der Waals surface area (Å²) in [5, 5.41) is 0. The Kier molecular flexibility index (Phi) is 5.98. The van der Waals surface area contributed by atoms with E-state index < -0.39 is 5.97 Å². The number of carbonyl (C=O) groups excluding carboxylic acids is 2. The summed E-state index contributed by atoms with van der Waals surface area (Å²) < 4.78 is 16.7. The number of carbonyl (C=O) groups is 2. The summed E-state index contributed by atoms with van der Waals surface area (Å²) in [6.07, 6.45) is 2.69. The molecular weight excluding hydrogens is 394 g/mol. The van der Waals surface area contributed by atoms with Gasteiger partial charge in [0.25, 0.3) is 0 Å². The van der Waals surface area contributed by atoms with Crippen molar-refractivity contribution < 1.29 is 23.8 Å². The molecule has 2 atom stereocenters. The van der Waals surface area contributed by atoms with Gasteiger partial charge >= 0.3 is 5.97 Å². The third-order valence-electron chi connectivity index (χ3n) is 5.86. The highest BCUT2D eigenvalue weighted by molar-refractivity contribution is 6.17. The first kappa shape index (κ1) is 21.0. The first-order chi connectivity index (χ1) is 15.0. The van der Waals surface area contributed by atoms with E-state index in [0.717, 1.165) is 23.1 Å². The van der Waals surface area contributed by atoms with E-state index in [1.54, 1.807) is 20.2 Å². The summed E-state index contributed by atoms with van der Waals surface area (Å²) in [5.74, 6) is 0.584. The maximum atomic E-state index is 12.7. The van der Waals surface area contributed by atoms with Crippen molar-refractivity contribution in [1.29, 1.82) is 0 Å². The smallest absolute Gasteiger partial charge is 0.343 e. The molecule has 0 bridgehead atoms. The Morgan fingerprint density at radius 1 is 1.13 bits per heavy atom. The maximum absolute atomic E-state index is 12.7. The van der Waals surface area contributed by atoms with E-state index in [2.05, 4.69) is 11.8 Å². The van der Waals surface area contributed by atoms with Gasteiger partial charge in [0.2, 0.25) is 0 Å². The van der Waals surface area contributed by atoms with Crippen LogP contribution in [-0.2, 0) is 27.4 Å². The minimum absolute atomic E-state index is 0.127. The van der Waals surface area contributed by atoms with E-state index in [1.807, 2.05) is 42.5 Å². The monoisotopic (exact) mass is 421 g/mol. The highest BCUT2D eigenvalue weighted by Gasteiger charge is 2.39. The zero-order chi connectivity index (χ0) is 22.0. The molecule has 2 heterocycles. The fourth-order valence-electron chi connectivity index (χ4n) is 4.32. The lowest BCUT2D eigenvalue weighted by atomic mass is 9.83. The summed E-state index contributed by atoms with van der Waals surface area (Å²) in [7, 11) is 1.63. The third-order valence-corrected chi connectivity index (χ3v) is 5.86. The van der Waals surface area contributed by atoms with Crippen LogP contribution in [0, 0.1) is 0 Å². The van der Waals surface area contributed by atoms with Crippen molar-refractivity contribution in [2.75, 3.05) is 13.7 Å². The molecule has 2 aromatic carbocycles. The standard InChI is InChI=1S/C25H27NO5/c1-4-30-25(28)20-14-26-16(2)10-18-11-23(29-3)24(12-19(18)21(26)13-22(20)27)31-15-17-8-6-5-7-9-17/h5-9,11-12,14,16,21H,4,10,13,15H2,1-3H3. The summed E-state index contributed by atoms with van der Waals surface area (Å²) in [4.78, 5) is 27.1. The highest BCUT2D eigenvalue weighted by Crippen LogP contribution is 2.43. The Balaban J connectivity index is 1.66. The summed E-state index contributed by atoms with van der Waals surface area (Å²) in [5.41, 5.74) is 3.36. The van der Waals surface area contributed by atoms with Crippen LogP contribution in [0.4, 0.5) is 0 Å². The highest BCUT2D eigenvalue weighted by atomic mass is 16.5. The topological polar surface area (TPSA) is 65.1 Å². The largest absolute Gasteiger partial charge is 0.493 e. The molecule has 0 aromatic heterocycles. The van der Waals surface area contributed by atoms with Gasteiger partial charge < -0.3 is 19.1 Å². The van der Waals surface area contributed by atoms with E-state index in [9.17, 15) is 9.59 Å². The lowest BCUT2D eigenvalue weighted by molar-refractivity contribution is -0.140. The maximum Gasteiger partial charge on any atom is 0.343 e. The van der Waals surface area contributed by atoms with Crippen molar-refractivity contribution in [3.63, 3.8) is 0 Å². The minimum Gasteiger partial charge on any atom is -0.493 e. The van der Waals surface area contributed by atoms with Crippen LogP contribution in [0.25, 0.3) is 0 Å². The fourth-order valence-corrected chi connectivity index (χ4v) is 4.32. The van der Waals surface area contributed by atoms with Gasteiger partial charge in [-0.05, 0) is 49.1 Å². The SMILES string of the molecule is CCOC(=O)C1=CN2C(C)Cc3cc(OC)c(OCc4ccccc4)cc3C2CC1=O. The molecule has 0 saturated heterocycles. The van der Waals surface area contributed by atoms with E-state index in [4.69, 9.17) is 14.2 Å². The van der Waals surface area contributed by atoms with Gasteiger partial charge in [0.05, 0.1) is 19.8 Å². The number of ether oxygens (including phenoxy) is 3. The number of methoxy groups -OCH3 is 1. The van der Waals surface area contributed by atoms with Crippen LogP contribution in [0.1, 0.15) is 43.0 Å². The van der Waals surface area contributed by atoms with E-state index in [1.165, 1.54) is 0 Å². The van der Waals surface area contributed by atoms with E-state index in [0.29, 0.717) is 18.1 Å². The molecule has 0 aliphatic carbocycles. The Labute approximate surface area is 182 Å². The van der Waals surface area contributed by atoms with Gasteiger partial charge in [-0.2, -0.15) is 0 Å². The molecule has 31 heavy (non-hydrogen) atoms. The minimum atomic E-state index is -0.550. The van der Waals surface area contributed by atoms with Crippen molar-refractivity contribution in [2.24, 2.45) is 0 Å². The molecule has 0 amide bonds. The van der Waals surface area contributed by atoms with Gasteiger partial charge in [-0.3, -0.25) is 4.79 Å². The molecule has 0 N–H and O–H groups in total. The molecule has 2 aliphatic heterocycles. The molecule has 2 aliphatic rings. The van der Waals surface area contributed by atoms with Crippen molar-refractivity contribution in [2.45, 2.75) is 45.4 Å². The second-order valence-corrected chi connectivity index (χ2v) is 7.88. The normalized spacial score (nSPS) is 19.8. The number of benzene rings is 2. The van der Waals surface area contributed by atoms with Crippen molar-refractivity contribution in [3.05, 3.63) is 70.9 Å². The lowest BCUT2D eigenvalue weighted by Gasteiger charge is -2.44. The molecule has 0 fully saturated rings. The van der Waals surface area contributed by atoms with Crippen LogP contribution in [0.2, 0.25) is 0 Å². The predicted octanol–water partition coefficient (Wildman–Crippen LogP) is 3.98. The quantitative estimate of drug-likeness (QED) is 0.519. The van der Waals surface area contributed by atoms with Crippen molar-refractivity contribution >= 4 is 11.8 Å².